The predicted molar refractivity (Wildman–Crippen MR) is 136 cm³/mol. The number of carbonyl (C=O) groups is 1. The van der Waals surface area contributed by atoms with Crippen molar-refractivity contribution in [1.82, 2.24) is 15.2 Å². The van der Waals surface area contributed by atoms with Crippen molar-refractivity contribution < 1.29 is 38.0 Å². The van der Waals surface area contributed by atoms with Crippen molar-refractivity contribution in [2.24, 2.45) is 4.99 Å². The second-order valence-electron chi connectivity index (χ2n) is 9.11. The second kappa shape index (κ2) is 11.0. The Morgan fingerprint density at radius 2 is 1.95 bits per heavy atom. The third-order valence-electron chi connectivity index (χ3n) is 6.31. The maximum Gasteiger partial charge on any atom is 0.320 e. The summed E-state index contributed by atoms with van der Waals surface area (Å²) in [4.78, 5) is 21.6. The summed E-state index contributed by atoms with van der Waals surface area (Å²) >= 11 is 0. The topological polar surface area (TPSA) is 150 Å². The molecule has 3 heterocycles. The van der Waals surface area contributed by atoms with Crippen LogP contribution in [0.15, 0.2) is 47.5 Å². The van der Waals surface area contributed by atoms with Crippen LogP contribution in [-0.4, -0.2) is 70.7 Å². The van der Waals surface area contributed by atoms with Gasteiger partial charge in [0.25, 0.3) is 11.8 Å². The van der Waals surface area contributed by atoms with E-state index in [0.717, 1.165) is 18.4 Å². The molecular weight excluding hydrogens is 528 g/mol. The fraction of sp³-hybridized carbons (Fsp3) is 0.259. The Kier molecular flexibility index (Phi) is 7.35. The van der Waals surface area contributed by atoms with Crippen molar-refractivity contribution in [3.63, 3.8) is 0 Å². The van der Waals surface area contributed by atoms with Gasteiger partial charge in [0.05, 0.1) is 18.2 Å². The van der Waals surface area contributed by atoms with Gasteiger partial charge in [0.2, 0.25) is 17.4 Å². The van der Waals surface area contributed by atoms with E-state index in [4.69, 9.17) is 14.2 Å². The molecule has 1 aromatic heterocycles. The van der Waals surface area contributed by atoms with Crippen LogP contribution in [-0.2, 0) is 4.79 Å². The number of benzene rings is 2. The van der Waals surface area contributed by atoms with Crippen LogP contribution in [0.3, 0.4) is 0 Å². The normalized spacial score (nSPS) is 18.2. The van der Waals surface area contributed by atoms with Gasteiger partial charge in [-0.3, -0.25) is 9.79 Å². The van der Waals surface area contributed by atoms with Gasteiger partial charge in [-0.2, -0.15) is 19.0 Å². The molecular formula is C27H23F2N5O6. The Hall–Kier alpha value is -4.96. The van der Waals surface area contributed by atoms with Gasteiger partial charge < -0.3 is 34.6 Å². The Labute approximate surface area is 226 Å². The van der Waals surface area contributed by atoms with Crippen LogP contribution in [0.2, 0.25) is 0 Å². The van der Waals surface area contributed by atoms with E-state index in [1.54, 1.807) is 18.2 Å². The Morgan fingerprint density at radius 3 is 2.62 bits per heavy atom. The number of ether oxygens (including phenoxy) is 3. The minimum Gasteiger partial charge on any atom is -0.504 e. The molecule has 1 saturated heterocycles. The highest BCUT2D eigenvalue weighted by Gasteiger charge is 2.34. The standard InChI is InChI=1S/C27H23F2N5O6/c1-34-8-7-31-24(34)15-3-2-4-16(10-15)39-25-21(28)23(38-17-11-18(27(36)37)32-13-17)22(29)26(33-25)40-20-9-14(12-30)5-6-19(20)35/h2-6,9-10,17-18,32,35H,7-8,11,13H2,1H3,(H,36,37)/t17-,18+/m1/s1. The molecule has 11 nitrogen and oxygen atoms in total. The molecule has 0 spiro atoms. The summed E-state index contributed by atoms with van der Waals surface area (Å²) in [6, 6.07) is 11.2. The van der Waals surface area contributed by atoms with E-state index in [1.807, 2.05) is 24.1 Å². The first kappa shape index (κ1) is 26.6. The number of phenols is 1. The molecule has 0 radical (unpaired) electrons. The quantitative estimate of drug-likeness (QED) is 0.380. The van der Waals surface area contributed by atoms with E-state index in [2.05, 4.69) is 15.3 Å². The number of aliphatic imine (C=N–C) groups is 1. The summed E-state index contributed by atoms with van der Waals surface area (Å²) in [5.74, 6) is -5.99. The van der Waals surface area contributed by atoms with Crippen LogP contribution in [0.5, 0.6) is 34.8 Å². The van der Waals surface area contributed by atoms with Crippen molar-refractivity contribution in [2.45, 2.75) is 18.6 Å². The smallest absolute Gasteiger partial charge is 0.320 e. The maximum atomic E-state index is 15.6. The van der Waals surface area contributed by atoms with Crippen LogP contribution < -0.4 is 19.5 Å². The summed E-state index contributed by atoms with van der Waals surface area (Å²) in [6.45, 7) is 1.40. The third-order valence-corrected chi connectivity index (χ3v) is 6.31. The lowest BCUT2D eigenvalue weighted by molar-refractivity contribution is -0.139. The summed E-state index contributed by atoms with van der Waals surface area (Å²) in [7, 11) is 1.89. The number of carboxylic acids is 1. The van der Waals surface area contributed by atoms with Gasteiger partial charge >= 0.3 is 5.97 Å². The zero-order chi connectivity index (χ0) is 28.4. The number of aromatic nitrogens is 1. The van der Waals surface area contributed by atoms with Crippen LogP contribution in [0.4, 0.5) is 8.78 Å². The number of likely N-dealkylation sites (N-methyl/N-ethyl adjacent to an activating group) is 1. The zero-order valence-corrected chi connectivity index (χ0v) is 21.1. The largest absolute Gasteiger partial charge is 0.504 e. The predicted octanol–water partition coefficient (Wildman–Crippen LogP) is 3.41. The Balaban J connectivity index is 1.52. The van der Waals surface area contributed by atoms with Crippen LogP contribution in [0.25, 0.3) is 0 Å². The highest BCUT2D eigenvalue weighted by molar-refractivity contribution is 5.99. The molecule has 0 amide bonds. The number of hydrogen-bond donors (Lipinski definition) is 3. The van der Waals surface area contributed by atoms with E-state index in [-0.39, 0.29) is 30.0 Å². The van der Waals surface area contributed by atoms with Crippen molar-refractivity contribution in [3.05, 3.63) is 65.2 Å². The lowest BCUT2D eigenvalue weighted by Gasteiger charge is -2.18. The summed E-state index contributed by atoms with van der Waals surface area (Å²) < 4.78 is 47.9. The van der Waals surface area contributed by atoms with Crippen LogP contribution in [0, 0.1) is 23.0 Å². The fourth-order valence-electron chi connectivity index (χ4n) is 4.29. The third kappa shape index (κ3) is 5.43. The number of aromatic hydroxyl groups is 1. The van der Waals surface area contributed by atoms with E-state index < -0.39 is 53.0 Å². The molecule has 0 aliphatic carbocycles. The number of rotatable bonds is 8. The van der Waals surface area contributed by atoms with Crippen LogP contribution in [0.1, 0.15) is 17.5 Å². The van der Waals surface area contributed by atoms with E-state index in [1.165, 1.54) is 12.1 Å². The van der Waals surface area contributed by atoms with Gasteiger partial charge in [-0.05, 0) is 24.3 Å². The minimum atomic E-state index is -1.35. The molecule has 40 heavy (non-hydrogen) atoms. The van der Waals surface area contributed by atoms with Gasteiger partial charge in [0.1, 0.15) is 23.7 Å². The number of nitrogens with zero attached hydrogens (tertiary/aromatic N) is 4. The van der Waals surface area contributed by atoms with Crippen molar-refractivity contribution in [1.29, 1.82) is 5.26 Å². The van der Waals surface area contributed by atoms with Gasteiger partial charge in [-0.25, -0.2) is 0 Å². The van der Waals surface area contributed by atoms with Gasteiger partial charge in [-0.15, -0.1) is 0 Å². The first-order valence-corrected chi connectivity index (χ1v) is 12.2. The summed E-state index contributed by atoms with van der Waals surface area (Å²) in [5, 5.41) is 31.3. The number of phenolic OH excluding ortho intramolecular Hbond substituents is 1. The van der Waals surface area contributed by atoms with E-state index in [0.29, 0.717) is 12.1 Å². The van der Waals surface area contributed by atoms with E-state index >= 15 is 8.78 Å². The van der Waals surface area contributed by atoms with E-state index in [9.17, 15) is 20.3 Å². The monoisotopic (exact) mass is 551 g/mol. The highest BCUT2D eigenvalue weighted by atomic mass is 19.1. The summed E-state index contributed by atoms with van der Waals surface area (Å²) in [6.07, 6.45) is -0.936. The average Bonchev–Trinajstić information content (AvgIpc) is 3.60. The number of hydrogen-bond acceptors (Lipinski definition) is 10. The number of halogens is 2. The summed E-state index contributed by atoms with van der Waals surface area (Å²) in [5.41, 5.74) is 0.819. The molecule has 5 rings (SSSR count). The van der Waals surface area contributed by atoms with Crippen molar-refractivity contribution in [2.75, 3.05) is 26.7 Å². The first-order valence-electron chi connectivity index (χ1n) is 12.2. The number of nitriles is 1. The van der Waals surface area contributed by atoms with Crippen molar-refractivity contribution >= 4 is 11.8 Å². The molecule has 2 aliphatic heterocycles. The first-order chi connectivity index (χ1) is 19.2. The lowest BCUT2D eigenvalue weighted by atomic mass is 10.2. The number of nitrogens with one attached hydrogen (secondary N) is 1. The molecule has 0 saturated carbocycles. The highest BCUT2D eigenvalue weighted by Crippen LogP contribution is 2.40. The fourth-order valence-corrected chi connectivity index (χ4v) is 4.29. The molecule has 2 atom stereocenters. The molecule has 3 N–H and O–H groups in total. The molecule has 2 aliphatic rings. The molecule has 1 fully saturated rings. The number of amidine groups is 1. The zero-order valence-electron chi connectivity index (χ0n) is 21.1. The van der Waals surface area contributed by atoms with Gasteiger partial charge in [-0.1, -0.05) is 12.1 Å². The molecule has 0 unspecified atom stereocenters. The van der Waals surface area contributed by atoms with Crippen molar-refractivity contribution in [3.8, 4) is 40.8 Å². The minimum absolute atomic E-state index is 0.0211. The molecule has 2 aromatic carbocycles. The number of aliphatic carboxylic acids is 1. The van der Waals surface area contributed by atoms with Gasteiger partial charge in [0.15, 0.2) is 11.5 Å². The molecule has 206 valence electrons. The Morgan fingerprint density at radius 1 is 1.18 bits per heavy atom. The molecule has 13 heteroatoms. The van der Waals surface area contributed by atoms with Crippen LogP contribution >= 0.6 is 0 Å². The average molecular weight is 552 g/mol. The van der Waals surface area contributed by atoms with Gasteiger partial charge in [0, 0.05) is 38.2 Å². The SMILES string of the molecule is CN1CCN=C1c1cccc(Oc2nc(Oc3cc(C#N)ccc3O)c(F)c(O[C@H]3CN[C@H](C(=O)O)C3)c2F)c1. The molecule has 3 aromatic rings. The Bertz CT molecular complexity index is 1540. The number of carboxylic acid groups (broad SMARTS) is 1. The second-order valence-corrected chi connectivity index (χ2v) is 9.11. The lowest BCUT2D eigenvalue weighted by Crippen LogP contribution is -2.30. The number of pyridine rings is 1. The maximum absolute atomic E-state index is 15.6. The molecule has 0 bridgehead atoms.